The maximum absolute atomic E-state index is 12.8. The Morgan fingerprint density at radius 2 is 1.62 bits per heavy atom. The lowest BCUT2D eigenvalue weighted by atomic mass is 10.2. The number of hydrogen-bond donors (Lipinski definition) is 0. The third-order valence-corrected chi connectivity index (χ3v) is 7.28. The van der Waals surface area contributed by atoms with Crippen LogP contribution in [-0.4, -0.2) is 11.1 Å². The van der Waals surface area contributed by atoms with Crippen LogP contribution in [-0.2, 0) is 11.4 Å². The summed E-state index contributed by atoms with van der Waals surface area (Å²) in [5, 5.41) is 0.622. The van der Waals surface area contributed by atoms with Crippen LogP contribution in [0.5, 0.6) is 5.75 Å². The fraction of sp³-hybridized carbons (Fsp3) is 0.0435. The van der Waals surface area contributed by atoms with Crippen LogP contribution < -0.4 is 9.64 Å². The van der Waals surface area contributed by atoms with Crippen molar-refractivity contribution in [3.05, 3.63) is 95.7 Å². The van der Waals surface area contributed by atoms with E-state index in [2.05, 4.69) is 31.9 Å². The zero-order valence-corrected chi connectivity index (χ0v) is 21.7. The molecule has 0 saturated carbocycles. The predicted molar refractivity (Wildman–Crippen MR) is 138 cm³/mol. The first-order valence-corrected chi connectivity index (χ1v) is 12.4. The van der Waals surface area contributed by atoms with Crippen LogP contribution in [0.25, 0.3) is 6.08 Å². The number of thioether (sulfide) groups is 1. The van der Waals surface area contributed by atoms with E-state index in [0.717, 1.165) is 22.9 Å². The highest BCUT2D eigenvalue weighted by molar-refractivity contribution is 9.11. The van der Waals surface area contributed by atoms with E-state index in [0.29, 0.717) is 41.9 Å². The molecule has 0 unspecified atom stereocenters. The number of imide groups is 1. The molecule has 4 nitrogen and oxygen atoms in total. The number of anilines is 1. The Morgan fingerprint density at radius 3 is 2.28 bits per heavy atom. The second-order valence-electron chi connectivity index (χ2n) is 6.70. The van der Waals surface area contributed by atoms with Crippen LogP contribution in [0.2, 0.25) is 10.0 Å². The van der Waals surface area contributed by atoms with Crippen LogP contribution in [0, 0.1) is 0 Å². The van der Waals surface area contributed by atoms with E-state index >= 15 is 0 Å². The number of carbonyl (C=O) groups is 2. The van der Waals surface area contributed by atoms with E-state index in [9.17, 15) is 9.59 Å². The number of carbonyl (C=O) groups excluding carboxylic acids is 2. The molecule has 4 rings (SSSR count). The number of benzene rings is 3. The van der Waals surface area contributed by atoms with Crippen molar-refractivity contribution in [3.8, 4) is 5.75 Å². The fourth-order valence-corrected chi connectivity index (χ4v) is 5.62. The molecule has 1 fully saturated rings. The van der Waals surface area contributed by atoms with Crippen LogP contribution in [0.3, 0.4) is 0 Å². The maximum atomic E-state index is 12.8. The first-order chi connectivity index (χ1) is 15.3. The Morgan fingerprint density at radius 1 is 0.938 bits per heavy atom. The van der Waals surface area contributed by atoms with Gasteiger partial charge in [0.2, 0.25) is 0 Å². The van der Waals surface area contributed by atoms with Crippen molar-refractivity contribution in [1.82, 2.24) is 0 Å². The standard InChI is InChI=1S/C23H13Br2Cl2NO3S/c24-16-8-14(9-17(25)21(16)31-12-13-6-7-18(26)19(27)10-13)11-20-22(29)28(23(30)32-20)15-4-2-1-3-5-15/h1-11H,12H2/b20-11-. The summed E-state index contributed by atoms with van der Waals surface area (Å²) in [6, 6.07) is 17.8. The molecule has 0 aliphatic carbocycles. The number of nitrogens with zero attached hydrogens (tertiary/aromatic N) is 1. The lowest BCUT2D eigenvalue weighted by Gasteiger charge is -2.12. The molecule has 0 atom stereocenters. The molecule has 1 aliphatic heterocycles. The van der Waals surface area contributed by atoms with Gasteiger partial charge in [0.1, 0.15) is 12.4 Å². The number of ether oxygens (including phenoxy) is 1. The largest absolute Gasteiger partial charge is 0.487 e. The van der Waals surface area contributed by atoms with Gasteiger partial charge in [-0.1, -0.05) is 47.5 Å². The van der Waals surface area contributed by atoms with E-state index in [-0.39, 0.29) is 11.1 Å². The Kier molecular flexibility index (Phi) is 7.32. The number of hydrogen-bond acceptors (Lipinski definition) is 4. The Bertz CT molecular complexity index is 1230. The zero-order valence-electron chi connectivity index (χ0n) is 16.2. The zero-order chi connectivity index (χ0) is 22.8. The van der Waals surface area contributed by atoms with Crippen LogP contribution in [0.15, 0.2) is 74.5 Å². The van der Waals surface area contributed by atoms with Crippen molar-refractivity contribution in [3.63, 3.8) is 0 Å². The third-order valence-electron chi connectivity index (χ3n) is 4.49. The molecular weight excluding hydrogens is 601 g/mol. The summed E-state index contributed by atoms with van der Waals surface area (Å²) in [6.45, 7) is 0.295. The van der Waals surface area contributed by atoms with Gasteiger partial charge in [-0.25, -0.2) is 4.90 Å². The molecule has 9 heteroatoms. The van der Waals surface area contributed by atoms with Gasteiger partial charge in [0, 0.05) is 0 Å². The maximum Gasteiger partial charge on any atom is 0.298 e. The first-order valence-electron chi connectivity index (χ1n) is 9.22. The molecule has 3 aromatic carbocycles. The van der Waals surface area contributed by atoms with Crippen molar-refractivity contribution in [2.24, 2.45) is 0 Å². The Balaban J connectivity index is 1.54. The molecule has 3 aromatic rings. The molecule has 0 N–H and O–H groups in total. The predicted octanol–water partition coefficient (Wildman–Crippen LogP) is 8.34. The van der Waals surface area contributed by atoms with E-state index in [1.54, 1.807) is 42.5 Å². The van der Waals surface area contributed by atoms with Gasteiger partial charge in [-0.2, -0.15) is 0 Å². The average molecular weight is 614 g/mol. The molecule has 0 bridgehead atoms. The van der Waals surface area contributed by atoms with Crippen molar-refractivity contribution in [2.45, 2.75) is 6.61 Å². The van der Waals surface area contributed by atoms with Crippen LogP contribution in [0.4, 0.5) is 10.5 Å². The Hall–Kier alpha value is -1.77. The fourth-order valence-electron chi connectivity index (χ4n) is 3.00. The summed E-state index contributed by atoms with van der Waals surface area (Å²) < 4.78 is 7.33. The van der Waals surface area contributed by atoms with Crippen molar-refractivity contribution in [1.29, 1.82) is 0 Å². The van der Waals surface area contributed by atoms with Gasteiger partial charge in [-0.15, -0.1) is 0 Å². The molecule has 1 saturated heterocycles. The molecule has 0 spiro atoms. The number of rotatable bonds is 5. The van der Waals surface area contributed by atoms with Gasteiger partial charge in [-0.3, -0.25) is 9.59 Å². The van der Waals surface area contributed by atoms with Crippen molar-refractivity contribution >= 4 is 89.7 Å². The Labute approximate surface area is 215 Å². The minimum Gasteiger partial charge on any atom is -0.487 e. The van der Waals surface area contributed by atoms with Gasteiger partial charge in [0.05, 0.1) is 29.6 Å². The number of amides is 2. The first kappa shape index (κ1) is 23.4. The highest BCUT2D eigenvalue weighted by Crippen LogP contribution is 2.39. The molecule has 2 amide bonds. The SMILES string of the molecule is O=C1S/C(=C\c2cc(Br)c(OCc3ccc(Cl)c(Cl)c3)c(Br)c2)C(=O)N1c1ccccc1. The third kappa shape index (κ3) is 5.07. The van der Waals surface area contributed by atoms with Crippen molar-refractivity contribution in [2.75, 3.05) is 4.90 Å². The van der Waals surface area contributed by atoms with E-state index in [1.807, 2.05) is 24.3 Å². The topological polar surface area (TPSA) is 46.6 Å². The van der Waals surface area contributed by atoms with Gasteiger partial charge >= 0.3 is 0 Å². The summed E-state index contributed by atoms with van der Waals surface area (Å²) in [5.41, 5.74) is 2.16. The lowest BCUT2D eigenvalue weighted by Crippen LogP contribution is -2.27. The molecule has 1 aliphatic rings. The minimum atomic E-state index is -0.349. The van der Waals surface area contributed by atoms with Gasteiger partial charge < -0.3 is 4.74 Å². The van der Waals surface area contributed by atoms with Crippen LogP contribution in [0.1, 0.15) is 11.1 Å². The summed E-state index contributed by atoms with van der Waals surface area (Å²) in [7, 11) is 0. The van der Waals surface area contributed by atoms with E-state index in [4.69, 9.17) is 27.9 Å². The van der Waals surface area contributed by atoms with E-state index < -0.39 is 0 Å². The molecule has 32 heavy (non-hydrogen) atoms. The summed E-state index contributed by atoms with van der Waals surface area (Å²) in [5.74, 6) is 0.254. The van der Waals surface area contributed by atoms with Crippen LogP contribution >= 0.6 is 66.8 Å². The highest BCUT2D eigenvalue weighted by atomic mass is 79.9. The monoisotopic (exact) mass is 611 g/mol. The molecule has 162 valence electrons. The number of halogens is 4. The lowest BCUT2D eigenvalue weighted by molar-refractivity contribution is -0.113. The summed E-state index contributed by atoms with van der Waals surface area (Å²) in [4.78, 5) is 26.8. The molecule has 1 heterocycles. The van der Waals surface area contributed by atoms with Gasteiger partial charge in [-0.05, 0) is 97.2 Å². The second kappa shape index (κ2) is 10.0. The molecule has 0 radical (unpaired) electrons. The summed E-state index contributed by atoms with van der Waals surface area (Å²) >= 11 is 20.0. The smallest absolute Gasteiger partial charge is 0.298 e. The normalized spacial score (nSPS) is 15.0. The molecular formula is C23H13Br2Cl2NO3S. The molecule has 0 aromatic heterocycles. The quantitative estimate of drug-likeness (QED) is 0.271. The highest BCUT2D eigenvalue weighted by Gasteiger charge is 2.36. The van der Waals surface area contributed by atoms with Gasteiger partial charge in [0.15, 0.2) is 0 Å². The van der Waals surface area contributed by atoms with Gasteiger partial charge in [0.25, 0.3) is 11.1 Å². The number of para-hydroxylation sites is 1. The average Bonchev–Trinajstić information content (AvgIpc) is 3.03. The van der Waals surface area contributed by atoms with Crippen molar-refractivity contribution < 1.29 is 14.3 Å². The second-order valence-corrected chi connectivity index (χ2v) is 10.2. The summed E-state index contributed by atoms with van der Waals surface area (Å²) in [6.07, 6.45) is 1.69. The van der Waals surface area contributed by atoms with E-state index in [1.165, 1.54) is 4.90 Å². The minimum absolute atomic E-state index is 0.295.